The number of carbonyl (C=O) groups is 2. The molecular weight excluding hydrogens is 280 g/mol. The molecule has 1 aliphatic heterocycles. The molecule has 1 aromatic carbocycles. The predicted molar refractivity (Wildman–Crippen MR) is 84.8 cm³/mol. The number of rotatable bonds is 5. The van der Waals surface area contributed by atoms with Gasteiger partial charge >= 0.3 is 0 Å². The lowest BCUT2D eigenvalue weighted by Crippen LogP contribution is -2.39. The Morgan fingerprint density at radius 3 is 2.86 bits per heavy atom. The van der Waals surface area contributed by atoms with Crippen LogP contribution in [-0.4, -0.2) is 55.4 Å². The first-order chi connectivity index (χ1) is 10.6. The smallest absolute Gasteiger partial charge is 0.246 e. The van der Waals surface area contributed by atoms with Gasteiger partial charge in [0.1, 0.15) is 5.75 Å². The SMILES string of the molecule is C=CC(=O)N(C)CC(=O)N1CCC(c2ccccc2OC)C1. The van der Waals surface area contributed by atoms with Gasteiger partial charge in [0.25, 0.3) is 0 Å². The molecule has 1 unspecified atom stereocenters. The molecule has 0 radical (unpaired) electrons. The van der Waals surface area contributed by atoms with E-state index in [1.165, 1.54) is 11.0 Å². The van der Waals surface area contributed by atoms with Crippen LogP contribution >= 0.6 is 0 Å². The molecule has 0 bridgehead atoms. The summed E-state index contributed by atoms with van der Waals surface area (Å²) >= 11 is 0. The minimum absolute atomic E-state index is 0.0323. The number of hydrogen-bond acceptors (Lipinski definition) is 3. The Hall–Kier alpha value is -2.30. The maximum atomic E-state index is 12.3. The van der Waals surface area contributed by atoms with Crippen molar-refractivity contribution >= 4 is 11.8 Å². The number of para-hydroxylation sites is 1. The number of carbonyl (C=O) groups excluding carboxylic acids is 2. The maximum Gasteiger partial charge on any atom is 0.246 e. The molecule has 0 aliphatic carbocycles. The first kappa shape index (κ1) is 16.1. The van der Waals surface area contributed by atoms with E-state index in [0.717, 1.165) is 17.7 Å². The topological polar surface area (TPSA) is 49.9 Å². The van der Waals surface area contributed by atoms with E-state index in [0.29, 0.717) is 13.1 Å². The van der Waals surface area contributed by atoms with E-state index in [2.05, 4.69) is 6.58 Å². The fourth-order valence-electron chi connectivity index (χ4n) is 2.78. The van der Waals surface area contributed by atoms with E-state index in [-0.39, 0.29) is 24.3 Å². The first-order valence-corrected chi connectivity index (χ1v) is 7.35. The summed E-state index contributed by atoms with van der Waals surface area (Å²) < 4.78 is 5.40. The van der Waals surface area contributed by atoms with E-state index in [9.17, 15) is 9.59 Å². The van der Waals surface area contributed by atoms with Gasteiger partial charge in [-0.25, -0.2) is 0 Å². The van der Waals surface area contributed by atoms with E-state index in [1.54, 1.807) is 14.2 Å². The molecule has 1 aromatic rings. The number of likely N-dealkylation sites (tertiary alicyclic amines) is 1. The van der Waals surface area contributed by atoms with Crippen molar-refractivity contribution in [3.8, 4) is 5.75 Å². The number of benzene rings is 1. The number of ether oxygens (including phenoxy) is 1. The van der Waals surface area contributed by atoms with Gasteiger partial charge < -0.3 is 14.5 Å². The Morgan fingerprint density at radius 1 is 1.45 bits per heavy atom. The summed E-state index contributed by atoms with van der Waals surface area (Å²) in [4.78, 5) is 26.9. The van der Waals surface area contributed by atoms with Gasteiger partial charge in [0, 0.05) is 26.1 Å². The number of hydrogen-bond donors (Lipinski definition) is 0. The van der Waals surface area contributed by atoms with Gasteiger partial charge in [-0.15, -0.1) is 0 Å². The fourth-order valence-corrected chi connectivity index (χ4v) is 2.78. The minimum Gasteiger partial charge on any atom is -0.496 e. The van der Waals surface area contributed by atoms with Gasteiger partial charge in [-0.05, 0) is 24.1 Å². The third kappa shape index (κ3) is 3.47. The van der Waals surface area contributed by atoms with Crippen molar-refractivity contribution in [1.29, 1.82) is 0 Å². The Balaban J connectivity index is 1.99. The van der Waals surface area contributed by atoms with Gasteiger partial charge in [0.2, 0.25) is 11.8 Å². The second-order valence-corrected chi connectivity index (χ2v) is 5.47. The maximum absolute atomic E-state index is 12.3. The third-order valence-corrected chi connectivity index (χ3v) is 4.04. The molecule has 22 heavy (non-hydrogen) atoms. The summed E-state index contributed by atoms with van der Waals surface area (Å²) in [7, 11) is 3.27. The number of methoxy groups -OCH3 is 1. The lowest BCUT2D eigenvalue weighted by Gasteiger charge is -2.21. The van der Waals surface area contributed by atoms with Crippen LogP contribution in [-0.2, 0) is 9.59 Å². The zero-order chi connectivity index (χ0) is 16.1. The van der Waals surface area contributed by atoms with Gasteiger partial charge in [0.15, 0.2) is 0 Å². The van der Waals surface area contributed by atoms with Crippen molar-refractivity contribution in [2.75, 3.05) is 33.8 Å². The highest BCUT2D eigenvalue weighted by molar-refractivity contribution is 5.90. The second-order valence-electron chi connectivity index (χ2n) is 5.47. The molecule has 1 atom stereocenters. The lowest BCUT2D eigenvalue weighted by atomic mass is 9.97. The van der Waals surface area contributed by atoms with Crippen LogP contribution in [0.1, 0.15) is 17.9 Å². The normalized spacial score (nSPS) is 17.2. The molecule has 0 saturated carbocycles. The summed E-state index contributed by atoms with van der Waals surface area (Å²) in [5, 5.41) is 0. The van der Waals surface area contributed by atoms with Crippen molar-refractivity contribution in [2.45, 2.75) is 12.3 Å². The molecule has 0 spiro atoms. The average Bonchev–Trinajstić information content (AvgIpc) is 3.03. The molecule has 1 fully saturated rings. The summed E-state index contributed by atoms with van der Waals surface area (Å²) in [6.45, 7) is 4.88. The van der Waals surface area contributed by atoms with Crippen LogP contribution in [0.25, 0.3) is 0 Å². The van der Waals surface area contributed by atoms with Gasteiger partial charge in [-0.2, -0.15) is 0 Å². The van der Waals surface area contributed by atoms with E-state index < -0.39 is 0 Å². The Kier molecular flexibility index (Phi) is 5.20. The van der Waals surface area contributed by atoms with E-state index in [4.69, 9.17) is 4.74 Å². The van der Waals surface area contributed by atoms with E-state index >= 15 is 0 Å². The average molecular weight is 302 g/mol. The van der Waals surface area contributed by atoms with Gasteiger partial charge in [-0.1, -0.05) is 24.8 Å². The summed E-state index contributed by atoms with van der Waals surface area (Å²) in [6.07, 6.45) is 2.13. The van der Waals surface area contributed by atoms with Crippen LogP contribution in [0, 0.1) is 0 Å². The molecule has 2 amide bonds. The molecule has 118 valence electrons. The molecule has 5 nitrogen and oxygen atoms in total. The van der Waals surface area contributed by atoms with Crippen molar-refractivity contribution in [3.05, 3.63) is 42.5 Å². The standard InChI is InChI=1S/C17H22N2O3/c1-4-16(20)18(2)12-17(21)19-10-9-13(11-19)14-7-5-6-8-15(14)22-3/h4-8,13H,1,9-12H2,2-3H3. The number of likely N-dealkylation sites (N-methyl/N-ethyl adjacent to an activating group) is 1. The highest BCUT2D eigenvalue weighted by Crippen LogP contribution is 2.33. The van der Waals surface area contributed by atoms with Crippen LogP contribution in [0.5, 0.6) is 5.75 Å². The largest absolute Gasteiger partial charge is 0.496 e. The number of amides is 2. The van der Waals surface area contributed by atoms with Crippen LogP contribution in [0.2, 0.25) is 0 Å². The molecular formula is C17H22N2O3. The Labute approximate surface area is 131 Å². The third-order valence-electron chi connectivity index (χ3n) is 4.04. The van der Waals surface area contributed by atoms with Crippen LogP contribution in [0.15, 0.2) is 36.9 Å². The molecule has 0 N–H and O–H groups in total. The van der Waals surface area contributed by atoms with Crippen LogP contribution in [0.4, 0.5) is 0 Å². The van der Waals surface area contributed by atoms with Gasteiger partial charge in [-0.3, -0.25) is 9.59 Å². The summed E-state index contributed by atoms with van der Waals surface area (Å²) in [6, 6.07) is 7.91. The molecule has 2 rings (SSSR count). The monoisotopic (exact) mass is 302 g/mol. The fraction of sp³-hybridized carbons (Fsp3) is 0.412. The molecule has 5 heteroatoms. The molecule has 1 saturated heterocycles. The van der Waals surface area contributed by atoms with Crippen molar-refractivity contribution < 1.29 is 14.3 Å². The van der Waals surface area contributed by atoms with Crippen molar-refractivity contribution in [2.24, 2.45) is 0 Å². The summed E-state index contributed by atoms with van der Waals surface area (Å²) in [5.41, 5.74) is 1.14. The lowest BCUT2D eigenvalue weighted by molar-refractivity contribution is -0.136. The second kappa shape index (κ2) is 7.11. The summed E-state index contributed by atoms with van der Waals surface area (Å²) in [5.74, 6) is 0.866. The predicted octanol–water partition coefficient (Wildman–Crippen LogP) is 1.66. The van der Waals surface area contributed by atoms with Crippen LogP contribution < -0.4 is 4.74 Å². The van der Waals surface area contributed by atoms with Crippen LogP contribution in [0.3, 0.4) is 0 Å². The highest BCUT2D eigenvalue weighted by Gasteiger charge is 2.29. The molecule has 0 aromatic heterocycles. The molecule has 1 aliphatic rings. The quantitative estimate of drug-likeness (QED) is 0.777. The number of nitrogens with zero attached hydrogens (tertiary/aromatic N) is 2. The molecule has 1 heterocycles. The Bertz CT molecular complexity index is 571. The van der Waals surface area contributed by atoms with Crippen molar-refractivity contribution in [1.82, 2.24) is 9.80 Å². The highest BCUT2D eigenvalue weighted by atomic mass is 16.5. The van der Waals surface area contributed by atoms with E-state index in [1.807, 2.05) is 29.2 Å². The van der Waals surface area contributed by atoms with Crippen molar-refractivity contribution in [3.63, 3.8) is 0 Å². The minimum atomic E-state index is -0.242. The van der Waals surface area contributed by atoms with Gasteiger partial charge in [0.05, 0.1) is 13.7 Å². The zero-order valence-electron chi connectivity index (χ0n) is 13.1. The Morgan fingerprint density at radius 2 is 2.18 bits per heavy atom. The first-order valence-electron chi connectivity index (χ1n) is 7.35. The zero-order valence-corrected chi connectivity index (χ0v) is 13.1.